The first-order valence-corrected chi connectivity index (χ1v) is 10.5. The number of likely N-dealkylation sites (tertiary alicyclic amines) is 1. The molecule has 6 nitrogen and oxygen atoms in total. The molecule has 0 saturated carbocycles. The second-order valence-electron chi connectivity index (χ2n) is 8.00. The van der Waals surface area contributed by atoms with Gasteiger partial charge in [-0.2, -0.15) is 0 Å². The van der Waals surface area contributed by atoms with E-state index in [1.165, 1.54) is 12.3 Å². The quantitative estimate of drug-likeness (QED) is 0.647. The van der Waals surface area contributed by atoms with Crippen molar-refractivity contribution in [3.8, 4) is 0 Å². The summed E-state index contributed by atoms with van der Waals surface area (Å²) in [5.41, 5.74) is -2.85. The van der Waals surface area contributed by atoms with E-state index in [4.69, 9.17) is 23.2 Å². The van der Waals surface area contributed by atoms with E-state index in [0.29, 0.717) is 28.7 Å². The molecule has 1 saturated heterocycles. The van der Waals surface area contributed by atoms with E-state index in [0.717, 1.165) is 0 Å². The SMILES string of the molecule is O=C(NCc1ccc(Cl)cc1Cl)C1(F)CCC(O)(CN2CC(O)C2)c2ncccc21. The summed E-state index contributed by atoms with van der Waals surface area (Å²) in [6.07, 6.45) is 0.922. The molecule has 160 valence electrons. The molecule has 1 aromatic heterocycles. The van der Waals surface area contributed by atoms with Crippen LogP contribution in [0.15, 0.2) is 36.5 Å². The number of carbonyl (C=O) groups is 1. The molecule has 1 amide bonds. The third-order valence-corrected chi connectivity index (χ3v) is 6.38. The number of pyridine rings is 1. The first-order valence-electron chi connectivity index (χ1n) is 9.71. The van der Waals surface area contributed by atoms with Gasteiger partial charge in [-0.3, -0.25) is 14.7 Å². The summed E-state index contributed by atoms with van der Waals surface area (Å²) in [5.74, 6) is -0.802. The summed E-state index contributed by atoms with van der Waals surface area (Å²) < 4.78 is 16.0. The Morgan fingerprint density at radius 2 is 2.07 bits per heavy atom. The van der Waals surface area contributed by atoms with Gasteiger partial charge in [0.1, 0.15) is 5.60 Å². The molecule has 30 heavy (non-hydrogen) atoms. The number of aliphatic hydroxyl groups is 2. The van der Waals surface area contributed by atoms with E-state index in [-0.39, 0.29) is 37.2 Å². The molecule has 0 spiro atoms. The van der Waals surface area contributed by atoms with Crippen LogP contribution in [0, 0.1) is 0 Å². The lowest BCUT2D eigenvalue weighted by atomic mass is 9.74. The van der Waals surface area contributed by atoms with Gasteiger partial charge in [0.05, 0.1) is 11.8 Å². The molecule has 4 rings (SSSR count). The van der Waals surface area contributed by atoms with Crippen molar-refractivity contribution in [3.63, 3.8) is 0 Å². The molecule has 1 fully saturated rings. The van der Waals surface area contributed by atoms with Crippen LogP contribution in [0.3, 0.4) is 0 Å². The van der Waals surface area contributed by atoms with Crippen LogP contribution >= 0.6 is 23.2 Å². The monoisotopic (exact) mass is 453 g/mol. The van der Waals surface area contributed by atoms with Crippen molar-refractivity contribution in [2.45, 2.75) is 36.8 Å². The van der Waals surface area contributed by atoms with Crippen molar-refractivity contribution < 1.29 is 19.4 Å². The average Bonchev–Trinajstić information content (AvgIpc) is 2.69. The predicted octanol–water partition coefficient (Wildman–Crippen LogP) is 2.53. The van der Waals surface area contributed by atoms with Gasteiger partial charge >= 0.3 is 0 Å². The lowest BCUT2D eigenvalue weighted by molar-refractivity contribution is -0.138. The summed E-state index contributed by atoms with van der Waals surface area (Å²) in [4.78, 5) is 19.0. The highest BCUT2D eigenvalue weighted by Crippen LogP contribution is 2.46. The molecule has 0 radical (unpaired) electrons. The highest BCUT2D eigenvalue weighted by atomic mass is 35.5. The molecule has 1 aliphatic carbocycles. The zero-order valence-electron chi connectivity index (χ0n) is 16.1. The number of amides is 1. The van der Waals surface area contributed by atoms with Crippen molar-refractivity contribution >= 4 is 29.1 Å². The lowest BCUT2D eigenvalue weighted by Gasteiger charge is -2.45. The van der Waals surface area contributed by atoms with Crippen LogP contribution in [0.25, 0.3) is 0 Å². The number of carbonyl (C=O) groups excluding carboxylic acids is 1. The van der Waals surface area contributed by atoms with Gasteiger partial charge in [0.2, 0.25) is 5.67 Å². The second-order valence-corrected chi connectivity index (χ2v) is 8.84. The molecule has 2 aromatic rings. The lowest BCUT2D eigenvalue weighted by Crippen LogP contribution is -2.57. The molecule has 2 atom stereocenters. The molecule has 2 aliphatic rings. The summed E-state index contributed by atoms with van der Waals surface area (Å²) in [7, 11) is 0. The van der Waals surface area contributed by atoms with Crippen molar-refractivity contribution in [1.82, 2.24) is 15.2 Å². The number of halogens is 3. The first-order chi connectivity index (χ1) is 14.2. The number of aliphatic hydroxyl groups excluding tert-OH is 1. The maximum atomic E-state index is 16.0. The summed E-state index contributed by atoms with van der Waals surface area (Å²) in [6.45, 7) is 1.18. The molecule has 2 heterocycles. The number of fused-ring (bicyclic) bond motifs is 1. The van der Waals surface area contributed by atoms with Crippen LogP contribution in [0.2, 0.25) is 10.0 Å². The van der Waals surface area contributed by atoms with Gasteiger partial charge in [-0.15, -0.1) is 0 Å². The van der Waals surface area contributed by atoms with Gasteiger partial charge in [-0.05, 0) is 36.6 Å². The van der Waals surface area contributed by atoms with Crippen LogP contribution in [-0.4, -0.2) is 51.7 Å². The Labute approximate surface area is 183 Å². The van der Waals surface area contributed by atoms with Crippen LogP contribution in [0.5, 0.6) is 0 Å². The minimum Gasteiger partial charge on any atom is -0.390 e. The highest BCUT2D eigenvalue weighted by Gasteiger charge is 2.52. The van der Waals surface area contributed by atoms with Gasteiger partial charge in [0.25, 0.3) is 5.91 Å². The second kappa shape index (κ2) is 8.05. The Bertz CT molecular complexity index is 972. The van der Waals surface area contributed by atoms with Crippen molar-refractivity contribution in [2.75, 3.05) is 19.6 Å². The predicted molar refractivity (Wildman–Crippen MR) is 111 cm³/mol. The molecule has 1 aromatic carbocycles. The average molecular weight is 454 g/mol. The smallest absolute Gasteiger partial charge is 0.262 e. The Hall–Kier alpha value is -1.77. The maximum absolute atomic E-state index is 16.0. The van der Waals surface area contributed by atoms with Gasteiger partial charge in [-0.1, -0.05) is 35.3 Å². The molecule has 1 aliphatic heterocycles. The topological polar surface area (TPSA) is 85.7 Å². The molecule has 9 heteroatoms. The van der Waals surface area contributed by atoms with Crippen LogP contribution < -0.4 is 5.32 Å². The van der Waals surface area contributed by atoms with Gasteiger partial charge in [-0.25, -0.2) is 4.39 Å². The van der Waals surface area contributed by atoms with Crippen LogP contribution in [0.4, 0.5) is 4.39 Å². The van der Waals surface area contributed by atoms with Crippen molar-refractivity contribution in [1.29, 1.82) is 0 Å². The summed E-state index contributed by atoms with van der Waals surface area (Å²) in [6, 6.07) is 7.92. The summed E-state index contributed by atoms with van der Waals surface area (Å²) in [5, 5.41) is 24.2. The van der Waals surface area contributed by atoms with E-state index in [1.54, 1.807) is 24.3 Å². The van der Waals surface area contributed by atoms with Crippen LogP contribution in [0.1, 0.15) is 29.7 Å². The number of nitrogens with zero attached hydrogens (tertiary/aromatic N) is 2. The Balaban J connectivity index is 1.55. The van der Waals surface area contributed by atoms with Crippen LogP contribution in [-0.2, 0) is 22.6 Å². The van der Waals surface area contributed by atoms with Gasteiger partial charge in [0.15, 0.2) is 0 Å². The van der Waals surface area contributed by atoms with E-state index in [1.807, 2.05) is 4.90 Å². The molecular formula is C21H22Cl2FN3O3. The van der Waals surface area contributed by atoms with Crippen molar-refractivity contribution in [3.05, 3.63) is 63.4 Å². The third kappa shape index (κ3) is 3.92. The Kier molecular flexibility index (Phi) is 5.76. The van der Waals surface area contributed by atoms with E-state index < -0.39 is 23.3 Å². The molecule has 2 unspecified atom stereocenters. The summed E-state index contributed by atoms with van der Waals surface area (Å²) >= 11 is 12.0. The number of rotatable bonds is 5. The number of hydrogen-bond acceptors (Lipinski definition) is 5. The maximum Gasteiger partial charge on any atom is 0.262 e. The zero-order chi connectivity index (χ0) is 21.5. The zero-order valence-corrected chi connectivity index (χ0v) is 17.6. The van der Waals surface area contributed by atoms with E-state index in [9.17, 15) is 15.0 Å². The number of β-amino-alcohol motifs (C(OH)–C–C–N with tert-alkyl or cyclic N) is 2. The number of alkyl halides is 1. The standard InChI is InChI=1S/C21H22Cl2FN3O3/c22-14-4-3-13(17(23)8-14)9-26-19(29)21(24)6-5-20(30,12-27-10-15(28)11-27)18-16(21)2-1-7-25-18/h1-4,7-8,15,28,30H,5-6,9-12H2,(H,26,29). The molecular weight excluding hydrogens is 432 g/mol. The Morgan fingerprint density at radius 1 is 1.30 bits per heavy atom. The fourth-order valence-corrected chi connectivity index (χ4v) is 4.62. The third-order valence-electron chi connectivity index (χ3n) is 5.80. The fraction of sp³-hybridized carbons (Fsp3) is 0.429. The number of aromatic nitrogens is 1. The van der Waals surface area contributed by atoms with Crippen molar-refractivity contribution in [2.24, 2.45) is 0 Å². The van der Waals surface area contributed by atoms with E-state index in [2.05, 4.69) is 10.3 Å². The van der Waals surface area contributed by atoms with E-state index >= 15 is 4.39 Å². The number of nitrogens with one attached hydrogen (secondary N) is 1. The Morgan fingerprint density at radius 3 is 2.77 bits per heavy atom. The normalized spacial score (nSPS) is 26.7. The minimum atomic E-state index is -2.32. The molecule has 3 N–H and O–H groups in total. The first kappa shape index (κ1) is 21.5. The van der Waals surface area contributed by atoms with Gasteiger partial charge in [0, 0.05) is 48.0 Å². The number of benzene rings is 1. The largest absolute Gasteiger partial charge is 0.390 e. The fourth-order valence-electron chi connectivity index (χ4n) is 4.14. The minimum absolute atomic E-state index is 0.0369. The number of hydrogen-bond donors (Lipinski definition) is 3. The molecule has 0 bridgehead atoms. The van der Waals surface area contributed by atoms with Gasteiger partial charge < -0.3 is 15.5 Å². The highest BCUT2D eigenvalue weighted by molar-refractivity contribution is 6.35.